The van der Waals surface area contributed by atoms with Crippen LogP contribution in [0.4, 0.5) is 0 Å². The topological polar surface area (TPSA) is 32.3 Å². The van der Waals surface area contributed by atoms with Gasteiger partial charge in [-0.1, -0.05) is 41.0 Å². The molecule has 0 spiro atoms. The third kappa shape index (κ3) is 5.61. The van der Waals surface area contributed by atoms with Gasteiger partial charge in [0.25, 0.3) is 0 Å². The van der Waals surface area contributed by atoms with Gasteiger partial charge in [-0.15, -0.1) is 0 Å². The van der Waals surface area contributed by atoms with Crippen molar-refractivity contribution in [3.05, 3.63) is 0 Å². The summed E-state index contributed by atoms with van der Waals surface area (Å²) in [5.41, 5.74) is -0.0164. The van der Waals surface area contributed by atoms with Gasteiger partial charge in [0.15, 0.2) is 0 Å². The highest BCUT2D eigenvalue weighted by Crippen LogP contribution is 2.18. The molecule has 2 heteroatoms. The molecule has 2 N–H and O–H groups in total. The maximum absolute atomic E-state index is 9.84. The van der Waals surface area contributed by atoms with Crippen molar-refractivity contribution in [1.82, 2.24) is 5.32 Å². The first-order chi connectivity index (χ1) is 6.41. The second kappa shape index (κ2) is 6.41. The fraction of sp³-hybridized carbons (Fsp3) is 1.00. The molecule has 0 amide bonds. The molecule has 0 saturated carbocycles. The van der Waals surface area contributed by atoms with Crippen LogP contribution in [0.5, 0.6) is 0 Å². The van der Waals surface area contributed by atoms with E-state index in [-0.39, 0.29) is 11.5 Å². The molecular weight excluding hydrogens is 174 g/mol. The molecule has 0 saturated heterocycles. The van der Waals surface area contributed by atoms with E-state index in [0.29, 0.717) is 12.6 Å². The van der Waals surface area contributed by atoms with Gasteiger partial charge >= 0.3 is 0 Å². The molecule has 0 fully saturated rings. The van der Waals surface area contributed by atoms with Gasteiger partial charge in [0.2, 0.25) is 0 Å². The van der Waals surface area contributed by atoms with Gasteiger partial charge in [-0.25, -0.2) is 0 Å². The second-order valence-corrected chi connectivity index (χ2v) is 5.18. The zero-order valence-electron chi connectivity index (χ0n) is 10.4. The first-order valence-corrected chi connectivity index (χ1v) is 5.83. The van der Waals surface area contributed by atoms with E-state index in [4.69, 9.17) is 0 Å². The predicted molar refractivity (Wildman–Crippen MR) is 62.5 cm³/mol. The molecule has 2 nitrogen and oxygen atoms in total. The third-order valence-electron chi connectivity index (χ3n) is 2.73. The summed E-state index contributed by atoms with van der Waals surface area (Å²) in [5, 5.41) is 13.3. The summed E-state index contributed by atoms with van der Waals surface area (Å²) in [6, 6.07) is 0.567. The van der Waals surface area contributed by atoms with E-state index < -0.39 is 0 Å². The Labute approximate surface area is 89.1 Å². The summed E-state index contributed by atoms with van der Waals surface area (Å²) >= 11 is 0. The van der Waals surface area contributed by atoms with Crippen LogP contribution in [-0.4, -0.2) is 23.8 Å². The smallest absolute Gasteiger partial charge is 0.0712 e. The molecule has 0 aliphatic heterocycles. The molecule has 0 heterocycles. The lowest BCUT2D eigenvalue weighted by Gasteiger charge is -2.28. The van der Waals surface area contributed by atoms with Crippen LogP contribution >= 0.6 is 0 Å². The Morgan fingerprint density at radius 3 is 2.14 bits per heavy atom. The number of rotatable bonds is 6. The quantitative estimate of drug-likeness (QED) is 0.692. The monoisotopic (exact) mass is 201 g/mol. The average Bonchev–Trinajstić information content (AvgIpc) is 2.10. The number of aliphatic hydroxyl groups excluding tert-OH is 1. The van der Waals surface area contributed by atoms with E-state index in [2.05, 4.69) is 39.9 Å². The van der Waals surface area contributed by atoms with E-state index in [9.17, 15) is 5.11 Å². The molecule has 2 atom stereocenters. The van der Waals surface area contributed by atoms with Crippen molar-refractivity contribution in [1.29, 1.82) is 0 Å². The second-order valence-electron chi connectivity index (χ2n) is 5.18. The summed E-state index contributed by atoms with van der Waals surface area (Å²) in [5.74, 6) is 0. The zero-order chi connectivity index (χ0) is 11.2. The largest absolute Gasteiger partial charge is 0.391 e. The van der Waals surface area contributed by atoms with E-state index in [1.54, 1.807) is 0 Å². The van der Waals surface area contributed by atoms with Crippen LogP contribution < -0.4 is 5.32 Å². The van der Waals surface area contributed by atoms with Crippen molar-refractivity contribution in [3.63, 3.8) is 0 Å². The SMILES string of the molecule is CCCC(CC)NCC(O)C(C)(C)C. The third-order valence-corrected chi connectivity index (χ3v) is 2.73. The summed E-state index contributed by atoms with van der Waals surface area (Å²) in [6.07, 6.45) is 3.29. The normalized spacial score (nSPS) is 16.7. The zero-order valence-corrected chi connectivity index (χ0v) is 10.4. The minimum atomic E-state index is -0.256. The molecule has 2 unspecified atom stereocenters. The molecule has 0 aliphatic carbocycles. The van der Waals surface area contributed by atoms with Gasteiger partial charge in [-0.05, 0) is 18.3 Å². The number of hydrogen-bond donors (Lipinski definition) is 2. The van der Waals surface area contributed by atoms with Gasteiger partial charge < -0.3 is 10.4 Å². The van der Waals surface area contributed by atoms with Crippen LogP contribution in [0.15, 0.2) is 0 Å². The molecule has 0 rings (SSSR count). The van der Waals surface area contributed by atoms with Gasteiger partial charge in [0.05, 0.1) is 6.10 Å². The molecule has 14 heavy (non-hydrogen) atoms. The molecule has 86 valence electrons. The lowest BCUT2D eigenvalue weighted by Crippen LogP contribution is -2.40. The molecule has 0 aromatic carbocycles. The van der Waals surface area contributed by atoms with Gasteiger partial charge in [-0.2, -0.15) is 0 Å². The molecule has 0 bridgehead atoms. The molecular formula is C12H27NO. The molecule has 0 aromatic rings. The molecule has 0 aromatic heterocycles. The van der Waals surface area contributed by atoms with E-state index in [1.165, 1.54) is 12.8 Å². The summed E-state index contributed by atoms with van der Waals surface area (Å²) in [6.45, 7) is 11.3. The van der Waals surface area contributed by atoms with Crippen LogP contribution in [0, 0.1) is 5.41 Å². The van der Waals surface area contributed by atoms with Gasteiger partial charge in [-0.3, -0.25) is 0 Å². The minimum Gasteiger partial charge on any atom is -0.391 e. The first-order valence-electron chi connectivity index (χ1n) is 5.83. The summed E-state index contributed by atoms with van der Waals surface area (Å²) in [7, 11) is 0. The van der Waals surface area contributed by atoms with E-state index in [0.717, 1.165) is 6.42 Å². The fourth-order valence-electron chi connectivity index (χ4n) is 1.38. The summed E-state index contributed by atoms with van der Waals surface area (Å²) in [4.78, 5) is 0. The number of nitrogens with one attached hydrogen (secondary N) is 1. The van der Waals surface area contributed by atoms with Crippen molar-refractivity contribution in [2.75, 3.05) is 6.54 Å². The average molecular weight is 201 g/mol. The van der Waals surface area contributed by atoms with Crippen LogP contribution in [0.1, 0.15) is 53.9 Å². The van der Waals surface area contributed by atoms with Crippen molar-refractivity contribution < 1.29 is 5.11 Å². The van der Waals surface area contributed by atoms with E-state index in [1.807, 2.05) is 0 Å². The first kappa shape index (κ1) is 13.9. The van der Waals surface area contributed by atoms with Crippen molar-refractivity contribution in [3.8, 4) is 0 Å². The van der Waals surface area contributed by atoms with Crippen LogP contribution in [0.25, 0.3) is 0 Å². The highest BCUT2D eigenvalue weighted by molar-refractivity contribution is 4.76. The van der Waals surface area contributed by atoms with Crippen molar-refractivity contribution in [2.45, 2.75) is 66.0 Å². The van der Waals surface area contributed by atoms with Crippen LogP contribution in [0.2, 0.25) is 0 Å². The van der Waals surface area contributed by atoms with Gasteiger partial charge in [0, 0.05) is 12.6 Å². The Balaban J connectivity index is 3.79. The van der Waals surface area contributed by atoms with Crippen molar-refractivity contribution >= 4 is 0 Å². The van der Waals surface area contributed by atoms with Crippen LogP contribution in [0.3, 0.4) is 0 Å². The Hall–Kier alpha value is -0.0800. The maximum Gasteiger partial charge on any atom is 0.0712 e. The lowest BCUT2D eigenvalue weighted by atomic mass is 9.89. The van der Waals surface area contributed by atoms with Crippen LogP contribution in [-0.2, 0) is 0 Å². The standard InChI is InChI=1S/C12H27NO/c1-6-8-10(7-2)13-9-11(14)12(3,4)5/h10-11,13-14H,6-9H2,1-5H3. The lowest BCUT2D eigenvalue weighted by molar-refractivity contribution is 0.0600. The fourth-order valence-corrected chi connectivity index (χ4v) is 1.38. The Morgan fingerprint density at radius 1 is 1.21 bits per heavy atom. The Bertz CT molecular complexity index is 140. The van der Waals surface area contributed by atoms with E-state index >= 15 is 0 Å². The van der Waals surface area contributed by atoms with Crippen molar-refractivity contribution in [2.24, 2.45) is 5.41 Å². The highest BCUT2D eigenvalue weighted by Gasteiger charge is 2.22. The number of hydrogen-bond acceptors (Lipinski definition) is 2. The minimum absolute atomic E-state index is 0.0164. The molecule has 0 aliphatic rings. The Morgan fingerprint density at radius 2 is 1.79 bits per heavy atom. The molecule has 0 radical (unpaired) electrons. The van der Waals surface area contributed by atoms with Gasteiger partial charge in [0.1, 0.15) is 0 Å². The summed E-state index contributed by atoms with van der Waals surface area (Å²) < 4.78 is 0. The highest BCUT2D eigenvalue weighted by atomic mass is 16.3. The maximum atomic E-state index is 9.84. The number of aliphatic hydroxyl groups is 1. The predicted octanol–water partition coefficient (Wildman–Crippen LogP) is 2.56. The Kier molecular flexibility index (Phi) is 6.38.